The van der Waals surface area contributed by atoms with Crippen LogP contribution < -0.4 is 15.4 Å². The zero-order chi connectivity index (χ0) is 17.7. The highest BCUT2D eigenvalue weighted by Crippen LogP contribution is 2.27. The summed E-state index contributed by atoms with van der Waals surface area (Å²) < 4.78 is 40.5. The number of ether oxygens (including phenoxy) is 1. The summed E-state index contributed by atoms with van der Waals surface area (Å²) >= 11 is 1.53. The van der Waals surface area contributed by atoms with Crippen LogP contribution in [-0.4, -0.2) is 12.4 Å². The molecule has 2 N–H and O–H groups in total. The smallest absolute Gasteiger partial charge is 0.406 e. The number of carbonyl (C=O) groups excluding carboxylic acids is 1. The van der Waals surface area contributed by atoms with Gasteiger partial charge in [0.2, 0.25) is 0 Å². The van der Waals surface area contributed by atoms with Crippen molar-refractivity contribution in [1.82, 2.24) is 5.32 Å². The van der Waals surface area contributed by atoms with E-state index in [0.717, 1.165) is 10.9 Å². The summed E-state index contributed by atoms with van der Waals surface area (Å²) in [6.45, 7) is 3.95. The molecule has 1 aromatic heterocycles. The predicted molar refractivity (Wildman–Crippen MR) is 87.2 cm³/mol. The first-order chi connectivity index (χ1) is 11.2. The van der Waals surface area contributed by atoms with Gasteiger partial charge in [-0.3, -0.25) is 0 Å². The van der Waals surface area contributed by atoms with E-state index in [-0.39, 0.29) is 23.4 Å². The first-order valence-electron chi connectivity index (χ1n) is 7.21. The quantitative estimate of drug-likeness (QED) is 0.775. The molecule has 8 heteroatoms. The first kappa shape index (κ1) is 18.1. The molecule has 2 amide bonds. The van der Waals surface area contributed by atoms with Crippen molar-refractivity contribution in [3.63, 3.8) is 0 Å². The topological polar surface area (TPSA) is 50.4 Å². The molecule has 2 rings (SSSR count). The number of rotatable bonds is 5. The third-order valence-corrected chi connectivity index (χ3v) is 4.08. The van der Waals surface area contributed by atoms with E-state index < -0.39 is 12.4 Å². The van der Waals surface area contributed by atoms with Gasteiger partial charge < -0.3 is 15.4 Å². The highest BCUT2D eigenvalue weighted by Gasteiger charge is 2.31. The molecule has 0 bridgehead atoms. The summed E-state index contributed by atoms with van der Waals surface area (Å²) in [5.41, 5.74) is 0.211. The maximum Gasteiger partial charge on any atom is 0.573 e. The standard InChI is InChI=1S/C16H17F3N2O2S/c1-10(2)14(13-7-4-8-24-13)21-15(22)20-11-5-3-6-12(9-11)23-16(17,18)19/h3-10,14H,1-2H3,(H2,20,21,22). The number of anilines is 1. The molecular weight excluding hydrogens is 341 g/mol. The van der Waals surface area contributed by atoms with Crippen LogP contribution in [0.1, 0.15) is 24.8 Å². The molecule has 0 aliphatic heterocycles. The minimum Gasteiger partial charge on any atom is -0.406 e. The lowest BCUT2D eigenvalue weighted by Gasteiger charge is -2.21. The third-order valence-electron chi connectivity index (χ3n) is 3.13. The van der Waals surface area contributed by atoms with Crippen LogP contribution in [0.3, 0.4) is 0 Å². The van der Waals surface area contributed by atoms with E-state index >= 15 is 0 Å². The molecule has 0 saturated heterocycles. The molecule has 2 aromatic rings. The van der Waals surface area contributed by atoms with Gasteiger partial charge in [-0.1, -0.05) is 26.0 Å². The van der Waals surface area contributed by atoms with E-state index in [0.29, 0.717) is 0 Å². The van der Waals surface area contributed by atoms with Crippen LogP contribution in [0, 0.1) is 5.92 Å². The highest BCUT2D eigenvalue weighted by molar-refractivity contribution is 7.10. The number of amides is 2. The van der Waals surface area contributed by atoms with E-state index in [1.165, 1.54) is 29.5 Å². The number of thiophene rings is 1. The summed E-state index contributed by atoms with van der Waals surface area (Å²) in [5.74, 6) is -0.228. The summed E-state index contributed by atoms with van der Waals surface area (Å²) in [6.07, 6.45) is -4.78. The van der Waals surface area contributed by atoms with Gasteiger partial charge in [0, 0.05) is 16.6 Å². The summed E-state index contributed by atoms with van der Waals surface area (Å²) in [6, 6.07) is 8.28. The zero-order valence-electron chi connectivity index (χ0n) is 13.1. The summed E-state index contributed by atoms with van der Waals surface area (Å²) in [7, 11) is 0. The normalized spacial score (nSPS) is 12.8. The maximum atomic E-state index is 12.2. The van der Waals surface area contributed by atoms with Gasteiger partial charge in [0.25, 0.3) is 0 Å². The Morgan fingerprint density at radius 3 is 2.54 bits per heavy atom. The molecular formula is C16H17F3N2O2S. The van der Waals surface area contributed by atoms with Crippen LogP contribution >= 0.6 is 11.3 Å². The van der Waals surface area contributed by atoms with Crippen LogP contribution in [0.2, 0.25) is 0 Å². The van der Waals surface area contributed by atoms with Gasteiger partial charge in [0.05, 0.1) is 6.04 Å². The van der Waals surface area contributed by atoms with Crippen LogP contribution in [0.5, 0.6) is 5.75 Å². The minimum absolute atomic E-state index is 0.161. The first-order valence-corrected chi connectivity index (χ1v) is 8.09. The van der Waals surface area contributed by atoms with E-state index in [4.69, 9.17) is 0 Å². The monoisotopic (exact) mass is 358 g/mol. The fourth-order valence-electron chi connectivity index (χ4n) is 2.11. The molecule has 0 spiro atoms. The molecule has 1 heterocycles. The average molecular weight is 358 g/mol. The molecule has 0 fully saturated rings. The Morgan fingerprint density at radius 1 is 1.21 bits per heavy atom. The second-order valence-electron chi connectivity index (χ2n) is 5.41. The van der Waals surface area contributed by atoms with Crippen molar-refractivity contribution >= 4 is 23.1 Å². The van der Waals surface area contributed by atoms with E-state index in [9.17, 15) is 18.0 Å². The number of alkyl halides is 3. The molecule has 0 radical (unpaired) electrons. The molecule has 1 aromatic carbocycles. The molecule has 1 unspecified atom stereocenters. The lowest BCUT2D eigenvalue weighted by atomic mass is 10.0. The Hall–Kier alpha value is -2.22. The molecule has 4 nitrogen and oxygen atoms in total. The largest absolute Gasteiger partial charge is 0.573 e. The van der Waals surface area contributed by atoms with Crippen molar-refractivity contribution in [3.05, 3.63) is 46.7 Å². The van der Waals surface area contributed by atoms with Crippen molar-refractivity contribution in [2.45, 2.75) is 26.3 Å². The maximum absolute atomic E-state index is 12.2. The van der Waals surface area contributed by atoms with Gasteiger partial charge in [-0.25, -0.2) is 4.79 Å². The SMILES string of the molecule is CC(C)C(NC(=O)Nc1cccc(OC(F)(F)F)c1)c1cccs1. The average Bonchev–Trinajstić information content (AvgIpc) is 2.96. The molecule has 1 atom stereocenters. The van der Waals surface area contributed by atoms with Gasteiger partial charge in [0.15, 0.2) is 0 Å². The fraction of sp³-hybridized carbons (Fsp3) is 0.312. The Kier molecular flexibility index (Phi) is 5.71. The van der Waals surface area contributed by atoms with Gasteiger partial charge in [-0.05, 0) is 29.5 Å². The number of urea groups is 1. The lowest BCUT2D eigenvalue weighted by molar-refractivity contribution is -0.274. The van der Waals surface area contributed by atoms with Crippen molar-refractivity contribution in [2.75, 3.05) is 5.32 Å². The Labute approximate surface area is 141 Å². The van der Waals surface area contributed by atoms with E-state index in [1.54, 1.807) is 0 Å². The Balaban J connectivity index is 2.02. The summed E-state index contributed by atoms with van der Waals surface area (Å²) in [4.78, 5) is 13.1. The van der Waals surface area contributed by atoms with Gasteiger partial charge in [0.1, 0.15) is 5.75 Å². The van der Waals surface area contributed by atoms with Gasteiger partial charge in [-0.15, -0.1) is 24.5 Å². The molecule has 0 aliphatic carbocycles. The van der Waals surface area contributed by atoms with E-state index in [2.05, 4.69) is 15.4 Å². The fourth-order valence-corrected chi connectivity index (χ4v) is 3.06. The zero-order valence-corrected chi connectivity index (χ0v) is 13.9. The molecule has 24 heavy (non-hydrogen) atoms. The van der Waals surface area contributed by atoms with Crippen molar-refractivity contribution in [3.8, 4) is 5.75 Å². The highest BCUT2D eigenvalue weighted by atomic mass is 32.1. The number of hydrogen-bond donors (Lipinski definition) is 2. The van der Waals surface area contributed by atoms with Crippen molar-refractivity contribution in [2.24, 2.45) is 5.92 Å². The number of nitrogens with one attached hydrogen (secondary N) is 2. The lowest BCUT2D eigenvalue weighted by Crippen LogP contribution is -2.34. The van der Waals surface area contributed by atoms with Crippen molar-refractivity contribution in [1.29, 1.82) is 0 Å². The van der Waals surface area contributed by atoms with Crippen LogP contribution in [0.4, 0.5) is 23.7 Å². The van der Waals surface area contributed by atoms with E-state index in [1.807, 2.05) is 31.4 Å². The number of benzene rings is 1. The number of carbonyl (C=O) groups is 1. The Morgan fingerprint density at radius 2 is 1.96 bits per heavy atom. The minimum atomic E-state index is -4.78. The third kappa shape index (κ3) is 5.45. The number of hydrogen-bond acceptors (Lipinski definition) is 3. The second kappa shape index (κ2) is 7.57. The second-order valence-corrected chi connectivity index (χ2v) is 6.39. The number of halogens is 3. The molecule has 0 saturated carbocycles. The van der Waals surface area contributed by atoms with Crippen LogP contribution in [-0.2, 0) is 0 Å². The Bertz CT molecular complexity index is 672. The predicted octanol–water partition coefficient (Wildman–Crippen LogP) is 5.17. The van der Waals surface area contributed by atoms with Gasteiger partial charge >= 0.3 is 12.4 Å². The van der Waals surface area contributed by atoms with Gasteiger partial charge in [-0.2, -0.15) is 0 Å². The molecule has 0 aliphatic rings. The summed E-state index contributed by atoms with van der Waals surface area (Å²) in [5, 5.41) is 7.27. The molecule has 130 valence electrons. The van der Waals surface area contributed by atoms with Crippen LogP contribution in [0.25, 0.3) is 0 Å². The van der Waals surface area contributed by atoms with Crippen LogP contribution in [0.15, 0.2) is 41.8 Å². The van der Waals surface area contributed by atoms with Crippen molar-refractivity contribution < 1.29 is 22.7 Å².